The van der Waals surface area contributed by atoms with E-state index >= 15 is 0 Å². The second-order valence-corrected chi connectivity index (χ2v) is 12.6. The first-order valence-electron chi connectivity index (χ1n) is 14.5. The molecule has 0 aliphatic heterocycles. The van der Waals surface area contributed by atoms with Gasteiger partial charge < -0.3 is 5.32 Å². The molecule has 0 unspecified atom stereocenters. The van der Waals surface area contributed by atoms with E-state index in [9.17, 15) is 12.8 Å². The molecule has 212 valence electrons. The molecule has 5 rings (SSSR count). The zero-order valence-corrected chi connectivity index (χ0v) is 23.8. The SMILES string of the molecule is O=S(=O)(c1ccccc1)n1cc(CN(CCCCCNC2CCCCC2)Cc2cccc(F)n2)c2ccccc21. The maximum atomic E-state index is 13.9. The van der Waals surface area contributed by atoms with Crippen LogP contribution in [0.2, 0.25) is 0 Å². The van der Waals surface area contributed by atoms with Gasteiger partial charge in [0.05, 0.1) is 16.1 Å². The van der Waals surface area contributed by atoms with Crippen LogP contribution in [0.25, 0.3) is 10.9 Å². The number of nitrogens with one attached hydrogen (secondary N) is 1. The summed E-state index contributed by atoms with van der Waals surface area (Å²) in [5, 5.41) is 4.62. The number of nitrogens with zero attached hydrogens (tertiary/aromatic N) is 3. The Morgan fingerprint density at radius 1 is 0.875 bits per heavy atom. The minimum absolute atomic E-state index is 0.255. The second kappa shape index (κ2) is 13.5. The molecule has 1 N–H and O–H groups in total. The lowest BCUT2D eigenvalue weighted by Gasteiger charge is -2.23. The quantitative estimate of drug-likeness (QED) is 0.149. The van der Waals surface area contributed by atoms with Crippen LogP contribution in [0.5, 0.6) is 0 Å². The van der Waals surface area contributed by atoms with Crippen LogP contribution in [0.3, 0.4) is 0 Å². The lowest BCUT2D eigenvalue weighted by atomic mass is 9.95. The number of benzene rings is 2. The van der Waals surface area contributed by atoms with Gasteiger partial charge in [0.1, 0.15) is 0 Å². The summed E-state index contributed by atoms with van der Waals surface area (Å²) in [5.74, 6) is -0.489. The van der Waals surface area contributed by atoms with Gasteiger partial charge in [-0.15, -0.1) is 0 Å². The largest absolute Gasteiger partial charge is 0.314 e. The maximum Gasteiger partial charge on any atom is 0.268 e. The summed E-state index contributed by atoms with van der Waals surface area (Å²) in [5.41, 5.74) is 2.24. The molecule has 1 aliphatic rings. The van der Waals surface area contributed by atoms with Gasteiger partial charge in [0.15, 0.2) is 0 Å². The molecule has 0 atom stereocenters. The third-order valence-electron chi connectivity index (χ3n) is 7.80. The lowest BCUT2D eigenvalue weighted by Crippen LogP contribution is -2.31. The number of hydrogen-bond acceptors (Lipinski definition) is 5. The number of fused-ring (bicyclic) bond motifs is 1. The van der Waals surface area contributed by atoms with E-state index in [-0.39, 0.29) is 4.90 Å². The smallest absolute Gasteiger partial charge is 0.268 e. The van der Waals surface area contributed by atoms with Crippen molar-refractivity contribution in [2.24, 2.45) is 0 Å². The first kappa shape index (κ1) is 28.5. The molecule has 4 aromatic rings. The fourth-order valence-electron chi connectivity index (χ4n) is 5.72. The molecule has 0 spiro atoms. The van der Waals surface area contributed by atoms with Crippen molar-refractivity contribution in [3.8, 4) is 0 Å². The molecule has 0 amide bonds. The molecule has 0 saturated heterocycles. The number of hydrogen-bond donors (Lipinski definition) is 1. The average Bonchev–Trinajstić information content (AvgIpc) is 3.35. The third-order valence-corrected chi connectivity index (χ3v) is 9.49. The third kappa shape index (κ3) is 7.16. The van der Waals surface area contributed by atoms with E-state index in [1.807, 2.05) is 36.4 Å². The van der Waals surface area contributed by atoms with E-state index in [2.05, 4.69) is 15.2 Å². The Hall–Kier alpha value is -3.07. The second-order valence-electron chi connectivity index (χ2n) is 10.8. The first-order chi connectivity index (χ1) is 19.5. The molecule has 40 heavy (non-hydrogen) atoms. The highest BCUT2D eigenvalue weighted by Crippen LogP contribution is 2.27. The summed E-state index contributed by atoms with van der Waals surface area (Å²) in [6, 6.07) is 21.7. The standard InChI is InChI=1S/C32H39FN4O2S/c33-32-20-12-15-28(35-32)25-36(22-11-3-10-21-34-27-13-4-1-5-14-27)23-26-24-37(31-19-9-8-18-30(26)31)40(38,39)29-16-6-2-7-17-29/h2,6-9,12,15-20,24,27,34H,1,3-5,10-11,13-14,21-23,25H2. The Morgan fingerprint density at radius 2 is 1.65 bits per heavy atom. The van der Waals surface area contributed by atoms with Crippen LogP contribution in [0.15, 0.2) is 83.9 Å². The minimum atomic E-state index is -3.75. The summed E-state index contributed by atoms with van der Waals surface area (Å²) in [6.07, 6.45) is 11.6. The van der Waals surface area contributed by atoms with Crippen LogP contribution in [0, 0.1) is 5.95 Å². The first-order valence-corrected chi connectivity index (χ1v) is 15.9. The van der Waals surface area contributed by atoms with Crippen molar-refractivity contribution in [2.75, 3.05) is 13.1 Å². The number of aromatic nitrogens is 2. The molecule has 8 heteroatoms. The van der Waals surface area contributed by atoms with Gasteiger partial charge in [-0.1, -0.05) is 68.1 Å². The molecule has 2 aromatic heterocycles. The highest BCUT2D eigenvalue weighted by molar-refractivity contribution is 7.90. The molecular weight excluding hydrogens is 523 g/mol. The summed E-state index contributed by atoms with van der Waals surface area (Å²) in [6.45, 7) is 2.88. The molecule has 0 radical (unpaired) electrons. The molecule has 1 aliphatic carbocycles. The van der Waals surface area contributed by atoms with Crippen LogP contribution in [-0.2, 0) is 23.1 Å². The molecule has 6 nitrogen and oxygen atoms in total. The van der Waals surface area contributed by atoms with E-state index in [1.54, 1.807) is 36.5 Å². The Morgan fingerprint density at radius 3 is 2.45 bits per heavy atom. The van der Waals surface area contributed by atoms with Crippen molar-refractivity contribution in [3.63, 3.8) is 0 Å². The fraction of sp³-hybridized carbons (Fsp3) is 0.406. The van der Waals surface area contributed by atoms with Crippen LogP contribution in [-0.4, -0.2) is 41.4 Å². The van der Waals surface area contributed by atoms with Gasteiger partial charge in [0.2, 0.25) is 5.95 Å². The van der Waals surface area contributed by atoms with Crippen LogP contribution >= 0.6 is 0 Å². The molecule has 1 fully saturated rings. The van der Waals surface area contributed by atoms with Gasteiger partial charge >= 0.3 is 0 Å². The van der Waals surface area contributed by atoms with Crippen molar-refractivity contribution in [1.29, 1.82) is 0 Å². The van der Waals surface area contributed by atoms with Crippen LogP contribution < -0.4 is 5.32 Å². The van der Waals surface area contributed by atoms with Crippen molar-refractivity contribution in [1.82, 2.24) is 19.2 Å². The van der Waals surface area contributed by atoms with E-state index < -0.39 is 16.0 Å². The molecule has 0 bridgehead atoms. The Bertz CT molecular complexity index is 1480. The summed E-state index contributed by atoms with van der Waals surface area (Å²) >= 11 is 0. The number of halogens is 1. The van der Waals surface area contributed by atoms with Crippen LogP contribution in [0.4, 0.5) is 4.39 Å². The lowest BCUT2D eigenvalue weighted by molar-refractivity contribution is 0.247. The number of para-hydroxylation sites is 1. The Labute approximate surface area is 237 Å². The monoisotopic (exact) mass is 562 g/mol. The molecule has 1 saturated carbocycles. The number of unbranched alkanes of at least 4 members (excludes halogenated alkanes) is 2. The van der Waals surface area contributed by atoms with E-state index in [4.69, 9.17) is 0 Å². The predicted octanol–water partition coefficient (Wildman–Crippen LogP) is 6.51. The zero-order valence-electron chi connectivity index (χ0n) is 23.0. The zero-order chi connectivity index (χ0) is 27.8. The molecule has 2 aromatic carbocycles. The van der Waals surface area contributed by atoms with Gasteiger partial charge in [-0.25, -0.2) is 17.4 Å². The predicted molar refractivity (Wildman–Crippen MR) is 158 cm³/mol. The highest BCUT2D eigenvalue weighted by Gasteiger charge is 2.22. The molecular formula is C32H39FN4O2S. The average molecular weight is 563 g/mol. The topological polar surface area (TPSA) is 67.2 Å². The van der Waals surface area contributed by atoms with Gasteiger partial charge in [0.25, 0.3) is 10.0 Å². The van der Waals surface area contributed by atoms with E-state index in [0.29, 0.717) is 30.3 Å². The number of pyridine rings is 1. The van der Waals surface area contributed by atoms with E-state index in [0.717, 1.165) is 43.3 Å². The van der Waals surface area contributed by atoms with Crippen molar-refractivity contribution in [3.05, 3.63) is 96.2 Å². The van der Waals surface area contributed by atoms with Crippen molar-refractivity contribution in [2.45, 2.75) is 75.4 Å². The van der Waals surface area contributed by atoms with Crippen molar-refractivity contribution >= 4 is 20.9 Å². The normalized spacial score (nSPS) is 14.8. The summed E-state index contributed by atoms with van der Waals surface area (Å²) in [7, 11) is -3.75. The Kier molecular flexibility index (Phi) is 9.62. The minimum Gasteiger partial charge on any atom is -0.314 e. The fourth-order valence-corrected chi connectivity index (χ4v) is 7.13. The van der Waals surface area contributed by atoms with Gasteiger partial charge in [0, 0.05) is 30.7 Å². The Balaban J connectivity index is 1.31. The summed E-state index contributed by atoms with van der Waals surface area (Å²) < 4.78 is 42.4. The highest BCUT2D eigenvalue weighted by atomic mass is 32.2. The van der Waals surface area contributed by atoms with Gasteiger partial charge in [-0.3, -0.25) is 4.90 Å². The number of rotatable bonds is 13. The van der Waals surface area contributed by atoms with Gasteiger partial charge in [-0.05, 0) is 74.7 Å². The van der Waals surface area contributed by atoms with E-state index in [1.165, 1.54) is 42.1 Å². The maximum absolute atomic E-state index is 13.9. The van der Waals surface area contributed by atoms with Crippen molar-refractivity contribution < 1.29 is 12.8 Å². The van der Waals surface area contributed by atoms with Gasteiger partial charge in [-0.2, -0.15) is 4.39 Å². The molecule has 2 heterocycles. The summed E-state index contributed by atoms with van der Waals surface area (Å²) in [4.78, 5) is 6.59. The van der Waals surface area contributed by atoms with Crippen LogP contribution in [0.1, 0.15) is 62.6 Å².